The van der Waals surface area contributed by atoms with Gasteiger partial charge in [-0.2, -0.15) is 0 Å². The molecule has 1 unspecified atom stereocenters. The highest BCUT2D eigenvalue weighted by Crippen LogP contribution is 2.40. The molecule has 0 bridgehead atoms. The number of rotatable bonds is 4. The SMILES string of the molecule is CC(CN)(Nc1ccc(Cl)cn1)C1CC1. The lowest BCUT2D eigenvalue weighted by Gasteiger charge is -2.30. The molecule has 0 aliphatic heterocycles. The van der Waals surface area contributed by atoms with Crippen molar-refractivity contribution >= 4 is 17.4 Å². The highest BCUT2D eigenvalue weighted by atomic mass is 35.5. The number of anilines is 1. The Kier molecular flexibility index (Phi) is 2.85. The quantitative estimate of drug-likeness (QED) is 0.827. The molecule has 0 amide bonds. The van der Waals surface area contributed by atoms with Crippen LogP contribution in [0.2, 0.25) is 5.02 Å². The molecule has 1 aromatic rings. The third kappa shape index (κ3) is 2.41. The molecule has 1 aromatic heterocycles. The van der Waals surface area contributed by atoms with Crippen molar-refractivity contribution in [2.24, 2.45) is 11.7 Å². The summed E-state index contributed by atoms with van der Waals surface area (Å²) in [6.45, 7) is 2.78. The molecule has 3 nitrogen and oxygen atoms in total. The van der Waals surface area contributed by atoms with Crippen molar-refractivity contribution in [3.63, 3.8) is 0 Å². The number of nitrogens with two attached hydrogens (primary N) is 1. The fraction of sp³-hybridized carbons (Fsp3) is 0.545. The van der Waals surface area contributed by atoms with Crippen molar-refractivity contribution in [2.45, 2.75) is 25.3 Å². The van der Waals surface area contributed by atoms with Crippen LogP contribution in [-0.4, -0.2) is 17.1 Å². The van der Waals surface area contributed by atoms with Gasteiger partial charge in [0, 0.05) is 12.7 Å². The van der Waals surface area contributed by atoms with E-state index in [2.05, 4.69) is 17.2 Å². The molecule has 1 fully saturated rings. The summed E-state index contributed by atoms with van der Waals surface area (Å²) in [4.78, 5) is 4.22. The monoisotopic (exact) mass is 225 g/mol. The molecule has 4 heteroatoms. The van der Waals surface area contributed by atoms with Gasteiger partial charge in [0.2, 0.25) is 0 Å². The number of nitrogens with zero attached hydrogens (tertiary/aromatic N) is 1. The van der Waals surface area contributed by atoms with Crippen LogP contribution in [0, 0.1) is 5.92 Å². The molecule has 2 rings (SSSR count). The van der Waals surface area contributed by atoms with Gasteiger partial charge in [-0.3, -0.25) is 0 Å². The Morgan fingerprint density at radius 1 is 1.60 bits per heavy atom. The number of hydrogen-bond acceptors (Lipinski definition) is 3. The van der Waals surface area contributed by atoms with Gasteiger partial charge in [0.15, 0.2) is 0 Å². The van der Waals surface area contributed by atoms with Crippen molar-refractivity contribution in [3.8, 4) is 0 Å². The third-order valence-corrected chi connectivity index (χ3v) is 3.27. The highest BCUT2D eigenvalue weighted by molar-refractivity contribution is 6.30. The molecule has 82 valence electrons. The van der Waals surface area contributed by atoms with Crippen molar-refractivity contribution < 1.29 is 0 Å². The Bertz CT molecular complexity index is 334. The van der Waals surface area contributed by atoms with Gasteiger partial charge in [0.05, 0.1) is 10.6 Å². The van der Waals surface area contributed by atoms with Gasteiger partial charge in [0.1, 0.15) is 5.82 Å². The first-order valence-electron chi connectivity index (χ1n) is 5.24. The minimum absolute atomic E-state index is 0.0270. The summed E-state index contributed by atoms with van der Waals surface area (Å²) in [6.07, 6.45) is 4.16. The molecular weight excluding hydrogens is 210 g/mol. The second-order valence-corrected chi connectivity index (χ2v) is 4.82. The maximum Gasteiger partial charge on any atom is 0.126 e. The van der Waals surface area contributed by atoms with Crippen molar-refractivity contribution in [1.29, 1.82) is 0 Å². The Morgan fingerprint density at radius 2 is 2.33 bits per heavy atom. The van der Waals surface area contributed by atoms with E-state index in [9.17, 15) is 0 Å². The predicted octanol–water partition coefficient (Wildman–Crippen LogP) is 2.27. The molecule has 3 N–H and O–H groups in total. The minimum atomic E-state index is -0.0270. The first-order valence-corrected chi connectivity index (χ1v) is 5.62. The number of aromatic nitrogens is 1. The largest absolute Gasteiger partial charge is 0.363 e. The average Bonchev–Trinajstić information content (AvgIpc) is 3.05. The Balaban J connectivity index is 2.09. The number of nitrogens with one attached hydrogen (secondary N) is 1. The minimum Gasteiger partial charge on any atom is -0.363 e. The molecule has 1 heterocycles. The van der Waals surface area contributed by atoms with Crippen LogP contribution < -0.4 is 11.1 Å². The predicted molar refractivity (Wildman–Crippen MR) is 63.1 cm³/mol. The van der Waals surface area contributed by atoms with Gasteiger partial charge in [-0.15, -0.1) is 0 Å². The van der Waals surface area contributed by atoms with Gasteiger partial charge in [0.25, 0.3) is 0 Å². The standard InChI is InChI=1S/C11H16ClN3/c1-11(7-13,8-2-3-8)15-10-5-4-9(12)6-14-10/h4-6,8H,2-3,7,13H2,1H3,(H,14,15). The maximum absolute atomic E-state index is 5.81. The Morgan fingerprint density at radius 3 is 2.80 bits per heavy atom. The van der Waals surface area contributed by atoms with Gasteiger partial charge in [-0.1, -0.05) is 11.6 Å². The van der Waals surface area contributed by atoms with Gasteiger partial charge < -0.3 is 11.1 Å². The smallest absolute Gasteiger partial charge is 0.126 e. The van der Waals surface area contributed by atoms with E-state index in [4.69, 9.17) is 17.3 Å². The topological polar surface area (TPSA) is 50.9 Å². The lowest BCUT2D eigenvalue weighted by molar-refractivity contribution is 0.458. The fourth-order valence-electron chi connectivity index (χ4n) is 1.78. The van der Waals surface area contributed by atoms with Crippen LogP contribution in [0.1, 0.15) is 19.8 Å². The van der Waals surface area contributed by atoms with Crippen molar-refractivity contribution in [2.75, 3.05) is 11.9 Å². The van der Waals surface area contributed by atoms with Crippen LogP contribution in [0.5, 0.6) is 0 Å². The van der Waals surface area contributed by atoms with Gasteiger partial charge >= 0.3 is 0 Å². The molecule has 0 radical (unpaired) electrons. The average molecular weight is 226 g/mol. The molecule has 0 spiro atoms. The molecule has 0 aromatic carbocycles. The lowest BCUT2D eigenvalue weighted by Crippen LogP contribution is -2.44. The summed E-state index contributed by atoms with van der Waals surface area (Å²) in [7, 11) is 0. The number of halogens is 1. The first-order chi connectivity index (χ1) is 7.14. The second-order valence-electron chi connectivity index (χ2n) is 4.38. The Hall–Kier alpha value is -0.800. The van der Waals surface area contributed by atoms with E-state index < -0.39 is 0 Å². The normalized spacial score (nSPS) is 19.7. The van der Waals surface area contributed by atoms with E-state index in [1.807, 2.05) is 12.1 Å². The zero-order valence-electron chi connectivity index (χ0n) is 8.83. The van der Waals surface area contributed by atoms with Crippen LogP contribution in [0.3, 0.4) is 0 Å². The number of hydrogen-bond donors (Lipinski definition) is 2. The van der Waals surface area contributed by atoms with E-state index in [0.29, 0.717) is 17.5 Å². The van der Waals surface area contributed by atoms with Crippen molar-refractivity contribution in [1.82, 2.24) is 4.98 Å². The molecule has 1 atom stereocenters. The van der Waals surface area contributed by atoms with Gasteiger partial charge in [-0.25, -0.2) is 4.98 Å². The van der Waals surface area contributed by atoms with Crippen LogP contribution in [-0.2, 0) is 0 Å². The van der Waals surface area contributed by atoms with Crippen LogP contribution in [0.25, 0.3) is 0 Å². The fourth-order valence-corrected chi connectivity index (χ4v) is 1.89. The molecule has 1 aliphatic rings. The Labute approximate surface area is 95.0 Å². The van der Waals surface area contributed by atoms with Crippen LogP contribution >= 0.6 is 11.6 Å². The molecule has 1 saturated carbocycles. The van der Waals surface area contributed by atoms with Crippen LogP contribution in [0.15, 0.2) is 18.3 Å². The molecule has 1 aliphatic carbocycles. The summed E-state index contributed by atoms with van der Waals surface area (Å²) in [6, 6.07) is 3.72. The lowest BCUT2D eigenvalue weighted by atomic mass is 9.96. The second kappa shape index (κ2) is 3.99. The van der Waals surface area contributed by atoms with Crippen molar-refractivity contribution in [3.05, 3.63) is 23.4 Å². The van der Waals surface area contributed by atoms with E-state index in [1.54, 1.807) is 6.20 Å². The van der Waals surface area contributed by atoms with E-state index in [1.165, 1.54) is 12.8 Å². The van der Waals surface area contributed by atoms with E-state index >= 15 is 0 Å². The zero-order valence-corrected chi connectivity index (χ0v) is 9.59. The van der Waals surface area contributed by atoms with E-state index in [0.717, 1.165) is 5.82 Å². The highest BCUT2D eigenvalue weighted by Gasteiger charge is 2.40. The van der Waals surface area contributed by atoms with E-state index in [-0.39, 0.29) is 5.54 Å². The summed E-state index contributed by atoms with van der Waals surface area (Å²) in [5.74, 6) is 1.53. The maximum atomic E-state index is 5.81. The summed E-state index contributed by atoms with van der Waals surface area (Å²) in [5, 5.41) is 4.05. The summed E-state index contributed by atoms with van der Waals surface area (Å²) in [5.41, 5.74) is 5.78. The molecule has 15 heavy (non-hydrogen) atoms. The number of pyridine rings is 1. The third-order valence-electron chi connectivity index (χ3n) is 3.04. The molecule has 0 saturated heterocycles. The summed E-state index contributed by atoms with van der Waals surface area (Å²) >= 11 is 5.78. The van der Waals surface area contributed by atoms with Gasteiger partial charge in [-0.05, 0) is 37.8 Å². The first kappa shape index (κ1) is 10.7. The zero-order chi connectivity index (χ0) is 10.9. The molecular formula is C11H16ClN3. The van der Waals surface area contributed by atoms with Crippen LogP contribution in [0.4, 0.5) is 5.82 Å². The summed E-state index contributed by atoms with van der Waals surface area (Å²) < 4.78 is 0.